The standard InChI is InChI=1S/C21H23NO4/c23-20(21(24)25)22-26-19(17-9-5-2-6-10-17)18-13-11-16(12-14-18)15-7-3-1-4-8-15/h1,3-4,7-8,11-14,17,19H,2,5-6,9-10H2,(H,22,23)(H,24,25). The van der Waals surface area contributed by atoms with Crippen LogP contribution in [0.2, 0.25) is 0 Å². The highest BCUT2D eigenvalue weighted by Crippen LogP contribution is 2.37. The van der Waals surface area contributed by atoms with Crippen molar-refractivity contribution in [3.8, 4) is 11.1 Å². The lowest BCUT2D eigenvalue weighted by molar-refractivity contribution is -0.161. The second-order valence-corrected chi connectivity index (χ2v) is 6.66. The summed E-state index contributed by atoms with van der Waals surface area (Å²) in [6.45, 7) is 0. The number of aliphatic carboxylic acids is 1. The van der Waals surface area contributed by atoms with E-state index in [1.807, 2.05) is 42.5 Å². The summed E-state index contributed by atoms with van der Waals surface area (Å²) in [5.74, 6) is -2.43. The van der Waals surface area contributed by atoms with E-state index in [4.69, 9.17) is 9.94 Å². The highest BCUT2D eigenvalue weighted by atomic mass is 16.7. The lowest BCUT2D eigenvalue weighted by atomic mass is 9.82. The Morgan fingerprint density at radius 3 is 2.15 bits per heavy atom. The number of carboxylic acids is 1. The molecule has 2 N–H and O–H groups in total. The first-order chi connectivity index (χ1) is 12.6. The van der Waals surface area contributed by atoms with Gasteiger partial charge in [0.25, 0.3) is 0 Å². The fraction of sp³-hybridized carbons (Fsp3) is 0.333. The van der Waals surface area contributed by atoms with Crippen LogP contribution in [0.3, 0.4) is 0 Å². The number of hydrogen-bond donors (Lipinski definition) is 2. The maximum Gasteiger partial charge on any atom is 0.396 e. The molecule has 1 aliphatic carbocycles. The van der Waals surface area contributed by atoms with Crippen molar-refractivity contribution in [3.05, 3.63) is 60.2 Å². The van der Waals surface area contributed by atoms with Crippen molar-refractivity contribution in [2.45, 2.75) is 38.2 Å². The third-order valence-electron chi connectivity index (χ3n) is 4.90. The molecule has 0 spiro atoms. The van der Waals surface area contributed by atoms with Crippen LogP contribution in [0.1, 0.15) is 43.8 Å². The van der Waals surface area contributed by atoms with Crippen LogP contribution in [0, 0.1) is 5.92 Å². The van der Waals surface area contributed by atoms with Gasteiger partial charge in [0.05, 0.1) is 0 Å². The van der Waals surface area contributed by atoms with Crippen LogP contribution in [0.15, 0.2) is 54.6 Å². The summed E-state index contributed by atoms with van der Waals surface area (Å²) in [6, 6.07) is 18.1. The number of hydrogen-bond acceptors (Lipinski definition) is 3. The van der Waals surface area contributed by atoms with Crippen LogP contribution in [0.5, 0.6) is 0 Å². The fourth-order valence-electron chi connectivity index (χ4n) is 3.53. The molecule has 0 aliphatic heterocycles. The molecule has 136 valence electrons. The minimum Gasteiger partial charge on any atom is -0.474 e. The van der Waals surface area contributed by atoms with Crippen molar-refractivity contribution >= 4 is 11.9 Å². The summed E-state index contributed by atoms with van der Waals surface area (Å²) in [5.41, 5.74) is 5.27. The number of hydroxylamine groups is 1. The van der Waals surface area contributed by atoms with E-state index < -0.39 is 11.9 Å². The molecule has 1 aliphatic rings. The van der Waals surface area contributed by atoms with Gasteiger partial charge >= 0.3 is 11.9 Å². The molecular weight excluding hydrogens is 330 g/mol. The van der Waals surface area contributed by atoms with E-state index in [0.29, 0.717) is 0 Å². The van der Waals surface area contributed by atoms with Gasteiger partial charge in [-0.05, 0) is 35.4 Å². The highest BCUT2D eigenvalue weighted by Gasteiger charge is 2.27. The Hall–Kier alpha value is -2.66. The molecule has 1 saturated carbocycles. The molecule has 0 aromatic heterocycles. The number of amides is 1. The van der Waals surface area contributed by atoms with E-state index in [2.05, 4.69) is 17.6 Å². The van der Waals surface area contributed by atoms with Gasteiger partial charge in [-0.25, -0.2) is 10.3 Å². The van der Waals surface area contributed by atoms with Gasteiger partial charge in [-0.15, -0.1) is 0 Å². The van der Waals surface area contributed by atoms with Crippen molar-refractivity contribution in [2.75, 3.05) is 0 Å². The van der Waals surface area contributed by atoms with Crippen molar-refractivity contribution in [1.29, 1.82) is 0 Å². The molecule has 1 atom stereocenters. The monoisotopic (exact) mass is 353 g/mol. The van der Waals surface area contributed by atoms with E-state index in [1.54, 1.807) is 0 Å². The summed E-state index contributed by atoms with van der Waals surface area (Å²) >= 11 is 0. The van der Waals surface area contributed by atoms with E-state index in [-0.39, 0.29) is 12.0 Å². The minimum absolute atomic E-state index is 0.264. The molecule has 0 bridgehead atoms. The van der Waals surface area contributed by atoms with E-state index in [1.165, 1.54) is 6.42 Å². The predicted molar refractivity (Wildman–Crippen MR) is 98.1 cm³/mol. The maximum atomic E-state index is 11.4. The Kier molecular flexibility index (Phi) is 6.02. The zero-order valence-electron chi connectivity index (χ0n) is 14.6. The quantitative estimate of drug-likeness (QED) is 0.627. The third-order valence-corrected chi connectivity index (χ3v) is 4.90. The molecule has 0 saturated heterocycles. The first-order valence-corrected chi connectivity index (χ1v) is 8.99. The molecule has 2 aromatic rings. The summed E-state index contributed by atoms with van der Waals surface area (Å²) < 4.78 is 0. The first-order valence-electron chi connectivity index (χ1n) is 8.99. The molecule has 0 heterocycles. The molecule has 26 heavy (non-hydrogen) atoms. The summed E-state index contributed by atoms with van der Waals surface area (Å²) in [6.07, 6.45) is 5.13. The molecule has 3 rings (SSSR count). The second kappa shape index (κ2) is 8.63. The predicted octanol–water partition coefficient (Wildman–Crippen LogP) is 4.11. The molecule has 5 nitrogen and oxygen atoms in total. The van der Waals surface area contributed by atoms with E-state index >= 15 is 0 Å². The average molecular weight is 353 g/mol. The molecule has 2 aromatic carbocycles. The second-order valence-electron chi connectivity index (χ2n) is 6.66. The Morgan fingerprint density at radius 2 is 1.54 bits per heavy atom. The van der Waals surface area contributed by atoms with Gasteiger partial charge in [0.2, 0.25) is 0 Å². The maximum absolute atomic E-state index is 11.4. The van der Waals surface area contributed by atoms with Crippen LogP contribution in [0.4, 0.5) is 0 Å². The summed E-state index contributed by atoms with van der Waals surface area (Å²) in [4.78, 5) is 27.7. The molecular formula is C21H23NO4. The molecule has 0 radical (unpaired) electrons. The number of nitrogens with one attached hydrogen (secondary N) is 1. The number of carboxylic acid groups (broad SMARTS) is 1. The van der Waals surface area contributed by atoms with Crippen molar-refractivity contribution in [2.24, 2.45) is 5.92 Å². The Labute approximate surface area is 153 Å². The lowest BCUT2D eigenvalue weighted by Crippen LogP contribution is -2.34. The van der Waals surface area contributed by atoms with Crippen LogP contribution in [0.25, 0.3) is 11.1 Å². The van der Waals surface area contributed by atoms with E-state index in [0.717, 1.165) is 42.4 Å². The van der Waals surface area contributed by atoms with Gasteiger partial charge in [-0.2, -0.15) is 0 Å². The van der Waals surface area contributed by atoms with Gasteiger partial charge in [0.1, 0.15) is 6.10 Å². The van der Waals surface area contributed by atoms with Gasteiger partial charge in [-0.1, -0.05) is 73.9 Å². The normalized spacial score (nSPS) is 16.0. The smallest absolute Gasteiger partial charge is 0.396 e. The van der Waals surface area contributed by atoms with Crippen molar-refractivity contribution in [3.63, 3.8) is 0 Å². The first kappa shape index (κ1) is 18.1. The summed E-state index contributed by atoms with van der Waals surface area (Å²) in [5, 5.41) is 8.75. The van der Waals surface area contributed by atoms with Crippen molar-refractivity contribution < 1.29 is 19.5 Å². The Balaban J connectivity index is 1.78. The summed E-state index contributed by atoms with van der Waals surface area (Å²) in [7, 11) is 0. The molecule has 5 heteroatoms. The SMILES string of the molecule is O=C(O)C(=O)NOC(c1ccc(-c2ccccc2)cc1)C1CCCCC1. The highest BCUT2D eigenvalue weighted by molar-refractivity contribution is 6.31. The van der Waals surface area contributed by atoms with Crippen LogP contribution >= 0.6 is 0 Å². The van der Waals surface area contributed by atoms with Gasteiger partial charge in [0, 0.05) is 0 Å². The van der Waals surface area contributed by atoms with Gasteiger partial charge in [-0.3, -0.25) is 9.63 Å². The zero-order valence-corrected chi connectivity index (χ0v) is 14.6. The number of carbonyl (C=O) groups is 2. The average Bonchev–Trinajstić information content (AvgIpc) is 2.70. The molecule has 1 amide bonds. The number of carbonyl (C=O) groups excluding carboxylic acids is 1. The minimum atomic E-state index is -1.55. The number of rotatable bonds is 5. The molecule has 1 fully saturated rings. The Morgan fingerprint density at radius 1 is 0.923 bits per heavy atom. The van der Waals surface area contributed by atoms with Crippen LogP contribution in [-0.4, -0.2) is 17.0 Å². The van der Waals surface area contributed by atoms with Gasteiger partial charge < -0.3 is 5.11 Å². The zero-order chi connectivity index (χ0) is 18.4. The fourth-order valence-corrected chi connectivity index (χ4v) is 3.53. The molecule has 1 unspecified atom stereocenters. The van der Waals surface area contributed by atoms with E-state index in [9.17, 15) is 9.59 Å². The third kappa shape index (κ3) is 4.49. The van der Waals surface area contributed by atoms with Crippen LogP contribution in [-0.2, 0) is 14.4 Å². The lowest BCUT2D eigenvalue weighted by Gasteiger charge is -2.30. The Bertz CT molecular complexity index is 736. The largest absolute Gasteiger partial charge is 0.474 e. The van der Waals surface area contributed by atoms with Crippen LogP contribution < -0.4 is 5.48 Å². The van der Waals surface area contributed by atoms with Gasteiger partial charge in [0.15, 0.2) is 0 Å². The van der Waals surface area contributed by atoms with Crippen molar-refractivity contribution in [1.82, 2.24) is 5.48 Å². The number of benzene rings is 2. The topological polar surface area (TPSA) is 75.6 Å².